The molecule has 3 N–H and O–H groups in total. The van der Waals surface area contributed by atoms with Crippen molar-refractivity contribution in [2.45, 2.75) is 0 Å². The molecule has 18 heavy (non-hydrogen) atoms. The summed E-state index contributed by atoms with van der Waals surface area (Å²) in [6.45, 7) is -0.202. The number of anilines is 1. The summed E-state index contributed by atoms with van der Waals surface area (Å²) in [5.41, 5.74) is 1.14. The third-order valence-electron chi connectivity index (χ3n) is 2.16. The Morgan fingerprint density at radius 2 is 2.39 bits per heavy atom. The molecule has 0 saturated carbocycles. The van der Waals surface area contributed by atoms with Crippen molar-refractivity contribution in [2.75, 3.05) is 11.9 Å². The molecule has 0 aliphatic heterocycles. The first-order chi connectivity index (χ1) is 8.79. The van der Waals surface area contributed by atoms with Crippen LogP contribution in [0, 0.1) is 11.8 Å². The number of hydrogen-bond acceptors (Lipinski definition) is 3. The summed E-state index contributed by atoms with van der Waals surface area (Å²) in [4.78, 5) is 18.6. The fraction of sp³-hybridized carbons (Fsp3) is 0.0769. The number of pyridine rings is 1. The summed E-state index contributed by atoms with van der Waals surface area (Å²) in [6.07, 6.45) is 3.22. The largest absolute Gasteiger partial charge is 0.384 e. The Labute approximate surface area is 104 Å². The maximum Gasteiger partial charge on any atom is 0.273 e. The SMILES string of the molecule is O=C(Nc1cc(C#CCO)ccn1)c1ccc[nH]1. The lowest BCUT2D eigenvalue weighted by Gasteiger charge is -2.02. The highest BCUT2D eigenvalue weighted by Gasteiger charge is 2.06. The normalized spacial score (nSPS) is 9.39. The van der Waals surface area contributed by atoms with E-state index in [4.69, 9.17) is 5.11 Å². The molecular weight excluding hydrogens is 230 g/mol. The van der Waals surface area contributed by atoms with Gasteiger partial charge in [-0.15, -0.1) is 0 Å². The number of carbonyl (C=O) groups excluding carboxylic acids is 1. The van der Waals surface area contributed by atoms with E-state index in [2.05, 4.69) is 27.1 Å². The van der Waals surface area contributed by atoms with Crippen molar-refractivity contribution < 1.29 is 9.90 Å². The van der Waals surface area contributed by atoms with E-state index in [0.717, 1.165) is 0 Å². The fourth-order valence-electron chi connectivity index (χ4n) is 1.37. The van der Waals surface area contributed by atoms with Gasteiger partial charge in [0, 0.05) is 18.0 Å². The summed E-state index contributed by atoms with van der Waals surface area (Å²) in [5, 5.41) is 11.3. The maximum atomic E-state index is 11.7. The van der Waals surface area contributed by atoms with E-state index in [9.17, 15) is 4.79 Å². The molecule has 0 unspecified atom stereocenters. The van der Waals surface area contributed by atoms with Gasteiger partial charge in [-0.05, 0) is 24.3 Å². The van der Waals surface area contributed by atoms with Gasteiger partial charge in [0.15, 0.2) is 0 Å². The minimum atomic E-state index is -0.264. The molecule has 0 radical (unpaired) electrons. The van der Waals surface area contributed by atoms with Crippen LogP contribution in [0.1, 0.15) is 16.1 Å². The van der Waals surface area contributed by atoms with Crippen molar-refractivity contribution in [3.8, 4) is 11.8 Å². The number of aromatic amines is 1. The first-order valence-electron chi connectivity index (χ1n) is 5.30. The average molecular weight is 241 g/mol. The number of H-pyrrole nitrogens is 1. The van der Waals surface area contributed by atoms with Gasteiger partial charge in [0.25, 0.3) is 5.91 Å². The van der Waals surface area contributed by atoms with E-state index in [1.54, 1.807) is 36.7 Å². The standard InChI is InChI=1S/C13H11N3O2/c17-8-2-3-10-5-7-15-12(9-10)16-13(18)11-4-1-6-14-11/h1,4-7,9,14,17H,8H2,(H,15,16,18). The zero-order valence-corrected chi connectivity index (χ0v) is 9.47. The minimum absolute atomic E-state index is 0.202. The molecule has 2 aromatic rings. The Hall–Kier alpha value is -2.58. The quantitative estimate of drug-likeness (QED) is 0.686. The van der Waals surface area contributed by atoms with Crippen molar-refractivity contribution in [2.24, 2.45) is 0 Å². The second kappa shape index (κ2) is 5.66. The predicted molar refractivity (Wildman–Crippen MR) is 66.9 cm³/mol. The van der Waals surface area contributed by atoms with E-state index in [0.29, 0.717) is 17.1 Å². The number of aliphatic hydroxyl groups is 1. The van der Waals surface area contributed by atoms with Crippen LogP contribution in [-0.2, 0) is 0 Å². The van der Waals surface area contributed by atoms with E-state index in [1.165, 1.54) is 0 Å². The number of nitrogens with zero attached hydrogens (tertiary/aromatic N) is 1. The average Bonchev–Trinajstić information content (AvgIpc) is 2.91. The number of aliphatic hydroxyl groups excluding tert-OH is 1. The van der Waals surface area contributed by atoms with Crippen molar-refractivity contribution in [1.82, 2.24) is 9.97 Å². The molecule has 0 saturated heterocycles. The lowest BCUT2D eigenvalue weighted by Crippen LogP contribution is -2.13. The minimum Gasteiger partial charge on any atom is -0.384 e. The summed E-state index contributed by atoms with van der Waals surface area (Å²) >= 11 is 0. The van der Waals surface area contributed by atoms with Crippen LogP contribution in [-0.4, -0.2) is 27.6 Å². The molecule has 0 bridgehead atoms. The van der Waals surface area contributed by atoms with Crippen LogP contribution < -0.4 is 5.32 Å². The third kappa shape index (κ3) is 2.97. The molecule has 90 valence electrons. The molecule has 0 aliphatic carbocycles. The summed E-state index contributed by atoms with van der Waals surface area (Å²) in [5.74, 6) is 5.43. The van der Waals surface area contributed by atoms with Crippen molar-refractivity contribution >= 4 is 11.7 Å². The van der Waals surface area contributed by atoms with Gasteiger partial charge in [0.05, 0.1) is 0 Å². The number of rotatable bonds is 2. The van der Waals surface area contributed by atoms with Gasteiger partial charge < -0.3 is 15.4 Å². The number of aromatic nitrogens is 2. The van der Waals surface area contributed by atoms with E-state index in [1.807, 2.05) is 0 Å². The molecular formula is C13H11N3O2. The van der Waals surface area contributed by atoms with Crippen molar-refractivity contribution in [3.05, 3.63) is 47.9 Å². The Balaban J connectivity index is 2.12. The van der Waals surface area contributed by atoms with Gasteiger partial charge in [0.2, 0.25) is 0 Å². The summed E-state index contributed by atoms with van der Waals surface area (Å²) < 4.78 is 0. The number of amides is 1. The first kappa shape index (κ1) is 11.9. The van der Waals surface area contributed by atoms with Gasteiger partial charge in [0.1, 0.15) is 18.1 Å². The highest BCUT2D eigenvalue weighted by molar-refractivity contribution is 6.02. The van der Waals surface area contributed by atoms with Crippen LogP contribution >= 0.6 is 0 Å². The molecule has 0 aliphatic rings. The van der Waals surface area contributed by atoms with Crippen LogP contribution in [0.5, 0.6) is 0 Å². The molecule has 0 spiro atoms. The van der Waals surface area contributed by atoms with Gasteiger partial charge in [-0.1, -0.05) is 11.8 Å². The van der Waals surface area contributed by atoms with E-state index < -0.39 is 0 Å². The Kier molecular flexibility index (Phi) is 3.74. The monoisotopic (exact) mass is 241 g/mol. The Bertz CT molecular complexity index is 594. The Morgan fingerprint density at radius 1 is 1.50 bits per heavy atom. The van der Waals surface area contributed by atoms with Crippen LogP contribution in [0.3, 0.4) is 0 Å². The molecule has 2 heterocycles. The molecule has 2 rings (SSSR count). The lowest BCUT2D eigenvalue weighted by atomic mass is 10.2. The fourth-order valence-corrected chi connectivity index (χ4v) is 1.37. The molecule has 0 atom stereocenters. The molecule has 1 amide bonds. The maximum absolute atomic E-state index is 11.7. The van der Waals surface area contributed by atoms with Gasteiger partial charge in [-0.25, -0.2) is 4.98 Å². The third-order valence-corrected chi connectivity index (χ3v) is 2.16. The second-order valence-corrected chi connectivity index (χ2v) is 3.43. The van der Waals surface area contributed by atoms with Crippen molar-refractivity contribution in [1.29, 1.82) is 0 Å². The molecule has 0 aromatic carbocycles. The smallest absolute Gasteiger partial charge is 0.273 e. The number of hydrogen-bond donors (Lipinski definition) is 3. The summed E-state index contributed by atoms with van der Waals surface area (Å²) in [6, 6.07) is 6.76. The summed E-state index contributed by atoms with van der Waals surface area (Å²) in [7, 11) is 0. The first-order valence-corrected chi connectivity index (χ1v) is 5.30. The van der Waals surface area contributed by atoms with E-state index >= 15 is 0 Å². The van der Waals surface area contributed by atoms with Crippen LogP contribution in [0.15, 0.2) is 36.7 Å². The van der Waals surface area contributed by atoms with Gasteiger partial charge in [-0.2, -0.15) is 0 Å². The van der Waals surface area contributed by atoms with Crippen LogP contribution in [0.25, 0.3) is 0 Å². The highest BCUT2D eigenvalue weighted by atomic mass is 16.2. The van der Waals surface area contributed by atoms with Crippen LogP contribution in [0.2, 0.25) is 0 Å². The van der Waals surface area contributed by atoms with Crippen molar-refractivity contribution in [3.63, 3.8) is 0 Å². The molecule has 5 nitrogen and oxygen atoms in total. The zero-order valence-electron chi connectivity index (χ0n) is 9.47. The predicted octanol–water partition coefficient (Wildman–Crippen LogP) is 1.01. The topological polar surface area (TPSA) is 78.0 Å². The number of nitrogens with one attached hydrogen (secondary N) is 2. The molecule has 5 heteroatoms. The Morgan fingerprint density at radius 3 is 3.11 bits per heavy atom. The zero-order chi connectivity index (χ0) is 12.8. The van der Waals surface area contributed by atoms with Gasteiger partial charge >= 0.3 is 0 Å². The van der Waals surface area contributed by atoms with E-state index in [-0.39, 0.29) is 12.5 Å². The van der Waals surface area contributed by atoms with Crippen LogP contribution in [0.4, 0.5) is 5.82 Å². The molecule has 0 fully saturated rings. The second-order valence-electron chi connectivity index (χ2n) is 3.43. The highest BCUT2D eigenvalue weighted by Crippen LogP contribution is 2.07. The number of carbonyl (C=O) groups is 1. The molecule has 2 aromatic heterocycles. The van der Waals surface area contributed by atoms with Gasteiger partial charge in [-0.3, -0.25) is 4.79 Å². The lowest BCUT2D eigenvalue weighted by molar-refractivity contribution is 0.102.